The van der Waals surface area contributed by atoms with Crippen LogP contribution in [0.25, 0.3) is 0 Å². The average molecular weight is 155 g/mol. The Labute approximate surface area is 68.7 Å². The Bertz CT molecular complexity index is 159. The zero-order valence-electron chi connectivity index (χ0n) is 7.77. The van der Waals surface area contributed by atoms with E-state index in [-0.39, 0.29) is 5.78 Å². The molecule has 0 aliphatic rings. The van der Waals surface area contributed by atoms with E-state index in [1.807, 2.05) is 6.92 Å². The summed E-state index contributed by atoms with van der Waals surface area (Å²) < 4.78 is 0. The minimum absolute atomic E-state index is 0.0961. The fourth-order valence-corrected chi connectivity index (χ4v) is 0.721. The highest BCUT2D eigenvalue weighted by atomic mass is 16.1. The van der Waals surface area contributed by atoms with Crippen LogP contribution in [0.5, 0.6) is 0 Å². The number of hydrogen-bond acceptors (Lipinski definition) is 2. The molecule has 0 spiro atoms. The van der Waals surface area contributed by atoms with Crippen molar-refractivity contribution < 1.29 is 4.79 Å². The lowest BCUT2D eigenvalue weighted by molar-refractivity contribution is -0.112. The summed E-state index contributed by atoms with van der Waals surface area (Å²) in [4.78, 5) is 10.6. The van der Waals surface area contributed by atoms with Crippen LogP contribution in [0.2, 0.25) is 0 Å². The van der Waals surface area contributed by atoms with E-state index in [0.717, 1.165) is 12.2 Å². The molecule has 0 radical (unpaired) electrons. The van der Waals surface area contributed by atoms with Gasteiger partial charge in [-0.2, -0.15) is 0 Å². The van der Waals surface area contributed by atoms with E-state index >= 15 is 0 Å². The molecule has 0 aromatic carbocycles. The average Bonchev–Trinajstić information content (AvgIpc) is 1.82. The van der Waals surface area contributed by atoms with Gasteiger partial charge in [0.1, 0.15) is 0 Å². The zero-order chi connectivity index (χ0) is 8.85. The molecule has 2 nitrogen and oxygen atoms in total. The van der Waals surface area contributed by atoms with E-state index in [0.29, 0.717) is 5.92 Å². The molecule has 64 valence electrons. The minimum atomic E-state index is 0.0961. The predicted molar refractivity (Wildman–Crippen MR) is 47.3 cm³/mol. The van der Waals surface area contributed by atoms with Gasteiger partial charge in [0.05, 0.1) is 0 Å². The van der Waals surface area contributed by atoms with Gasteiger partial charge in [-0.1, -0.05) is 13.8 Å². The van der Waals surface area contributed by atoms with Crippen molar-refractivity contribution in [3.63, 3.8) is 0 Å². The van der Waals surface area contributed by atoms with Crippen LogP contribution >= 0.6 is 0 Å². The van der Waals surface area contributed by atoms with E-state index < -0.39 is 0 Å². The second-order valence-corrected chi connectivity index (χ2v) is 3.21. The Morgan fingerprint density at radius 1 is 1.45 bits per heavy atom. The molecule has 0 saturated heterocycles. The van der Waals surface area contributed by atoms with Gasteiger partial charge in [0, 0.05) is 12.2 Å². The first-order chi connectivity index (χ1) is 5.02. The van der Waals surface area contributed by atoms with Crippen LogP contribution in [0.4, 0.5) is 0 Å². The molecule has 2 heteroatoms. The van der Waals surface area contributed by atoms with Crippen molar-refractivity contribution in [2.75, 3.05) is 6.54 Å². The standard InChI is InChI=1S/C9H17NO/c1-7(2)6-10-8(3)5-9(4)11/h5,7,10H,6H2,1-4H3. The van der Waals surface area contributed by atoms with Crippen LogP contribution in [-0.2, 0) is 4.79 Å². The lowest BCUT2D eigenvalue weighted by Gasteiger charge is -2.07. The number of rotatable bonds is 4. The summed E-state index contributed by atoms with van der Waals surface area (Å²) in [6, 6.07) is 0. The van der Waals surface area contributed by atoms with Crippen LogP contribution < -0.4 is 5.32 Å². The Hall–Kier alpha value is -0.790. The summed E-state index contributed by atoms with van der Waals surface area (Å²) in [7, 11) is 0. The molecule has 11 heavy (non-hydrogen) atoms. The first-order valence-corrected chi connectivity index (χ1v) is 3.95. The molecule has 0 amide bonds. The van der Waals surface area contributed by atoms with E-state index in [2.05, 4.69) is 19.2 Å². The van der Waals surface area contributed by atoms with Crippen molar-refractivity contribution >= 4 is 5.78 Å². The zero-order valence-corrected chi connectivity index (χ0v) is 7.77. The molecule has 0 aliphatic carbocycles. The summed E-state index contributed by atoms with van der Waals surface area (Å²) in [5.41, 5.74) is 0.950. The highest BCUT2D eigenvalue weighted by Gasteiger charge is 1.93. The fourth-order valence-electron chi connectivity index (χ4n) is 0.721. The van der Waals surface area contributed by atoms with Gasteiger partial charge in [0.25, 0.3) is 0 Å². The number of nitrogens with one attached hydrogen (secondary N) is 1. The number of carbonyl (C=O) groups excluding carboxylic acids is 1. The van der Waals surface area contributed by atoms with Crippen molar-refractivity contribution in [3.05, 3.63) is 11.8 Å². The van der Waals surface area contributed by atoms with E-state index in [4.69, 9.17) is 0 Å². The quantitative estimate of drug-likeness (QED) is 0.626. The normalized spacial score (nSPS) is 11.9. The van der Waals surface area contributed by atoms with Gasteiger partial charge in [0.2, 0.25) is 0 Å². The van der Waals surface area contributed by atoms with Crippen LogP contribution in [-0.4, -0.2) is 12.3 Å². The predicted octanol–water partition coefficient (Wildman–Crippen LogP) is 1.72. The summed E-state index contributed by atoms with van der Waals surface area (Å²) in [5.74, 6) is 0.712. The minimum Gasteiger partial charge on any atom is -0.388 e. The van der Waals surface area contributed by atoms with Gasteiger partial charge < -0.3 is 5.32 Å². The maximum atomic E-state index is 10.6. The SMILES string of the molecule is CC(=O)C=C(C)NCC(C)C. The maximum absolute atomic E-state index is 10.6. The van der Waals surface area contributed by atoms with Gasteiger partial charge in [-0.15, -0.1) is 0 Å². The largest absolute Gasteiger partial charge is 0.388 e. The first-order valence-electron chi connectivity index (χ1n) is 3.95. The molecule has 0 rings (SSSR count). The number of ketones is 1. The molecular formula is C9H17NO. The summed E-state index contributed by atoms with van der Waals surface area (Å²) in [5, 5.41) is 3.15. The molecule has 0 atom stereocenters. The third kappa shape index (κ3) is 7.10. The van der Waals surface area contributed by atoms with E-state index in [9.17, 15) is 4.79 Å². The molecule has 0 heterocycles. The number of hydrogen-bond donors (Lipinski definition) is 1. The second-order valence-electron chi connectivity index (χ2n) is 3.21. The fraction of sp³-hybridized carbons (Fsp3) is 0.667. The molecule has 0 bridgehead atoms. The van der Waals surface area contributed by atoms with Crippen LogP contribution in [0.1, 0.15) is 27.7 Å². The molecule has 0 unspecified atom stereocenters. The molecule has 0 aromatic heterocycles. The van der Waals surface area contributed by atoms with Gasteiger partial charge in [0.15, 0.2) is 5.78 Å². The summed E-state index contributed by atoms with van der Waals surface area (Å²) >= 11 is 0. The highest BCUT2D eigenvalue weighted by Crippen LogP contribution is 1.92. The van der Waals surface area contributed by atoms with Crippen LogP contribution in [0.15, 0.2) is 11.8 Å². The molecule has 0 aliphatic heterocycles. The van der Waals surface area contributed by atoms with Gasteiger partial charge in [-0.25, -0.2) is 0 Å². The third-order valence-corrected chi connectivity index (χ3v) is 1.21. The van der Waals surface area contributed by atoms with Gasteiger partial charge in [-0.3, -0.25) is 4.79 Å². The molecule has 0 aromatic rings. The van der Waals surface area contributed by atoms with Crippen LogP contribution in [0, 0.1) is 5.92 Å². The molecular weight excluding hydrogens is 138 g/mol. The third-order valence-electron chi connectivity index (χ3n) is 1.21. The van der Waals surface area contributed by atoms with E-state index in [1.54, 1.807) is 13.0 Å². The van der Waals surface area contributed by atoms with Gasteiger partial charge >= 0.3 is 0 Å². The smallest absolute Gasteiger partial charge is 0.154 e. The Kier molecular flexibility index (Phi) is 4.59. The summed E-state index contributed by atoms with van der Waals surface area (Å²) in [6.07, 6.45) is 1.61. The monoisotopic (exact) mass is 155 g/mol. The van der Waals surface area contributed by atoms with Crippen molar-refractivity contribution in [3.8, 4) is 0 Å². The van der Waals surface area contributed by atoms with Crippen molar-refractivity contribution in [2.45, 2.75) is 27.7 Å². The Balaban J connectivity index is 3.68. The summed E-state index contributed by atoms with van der Waals surface area (Å²) in [6.45, 7) is 8.65. The Morgan fingerprint density at radius 2 is 2.00 bits per heavy atom. The number of carbonyl (C=O) groups is 1. The molecule has 1 N–H and O–H groups in total. The van der Waals surface area contributed by atoms with E-state index in [1.165, 1.54) is 0 Å². The Morgan fingerprint density at radius 3 is 2.36 bits per heavy atom. The topological polar surface area (TPSA) is 29.1 Å². The molecule has 0 saturated carbocycles. The lowest BCUT2D eigenvalue weighted by atomic mass is 10.2. The molecule has 0 fully saturated rings. The first kappa shape index (κ1) is 10.2. The maximum Gasteiger partial charge on any atom is 0.154 e. The lowest BCUT2D eigenvalue weighted by Crippen LogP contribution is -2.17. The highest BCUT2D eigenvalue weighted by molar-refractivity contribution is 5.87. The van der Waals surface area contributed by atoms with Crippen LogP contribution in [0.3, 0.4) is 0 Å². The van der Waals surface area contributed by atoms with Gasteiger partial charge in [-0.05, 0) is 25.8 Å². The second kappa shape index (κ2) is 4.94. The van der Waals surface area contributed by atoms with Crippen molar-refractivity contribution in [1.82, 2.24) is 5.32 Å². The number of allylic oxidation sites excluding steroid dienone is 2. The van der Waals surface area contributed by atoms with Crippen molar-refractivity contribution in [1.29, 1.82) is 0 Å². The van der Waals surface area contributed by atoms with Crippen molar-refractivity contribution in [2.24, 2.45) is 5.92 Å².